The van der Waals surface area contributed by atoms with Gasteiger partial charge in [0, 0.05) is 11.3 Å². The monoisotopic (exact) mass is 269 g/mol. The molecule has 0 heterocycles. The Morgan fingerprint density at radius 3 is 2.47 bits per heavy atom. The number of aliphatic carboxylic acids is 1. The topological polar surface area (TPSA) is 66.4 Å². The normalized spacial score (nSPS) is 21.8. The molecule has 1 aliphatic carbocycles. The Hall–Kier alpha value is -1.98. The SMILES string of the molecule is O=C(O)C1CCC1C(=O)Nc1cccc(C(F)F)c1. The largest absolute Gasteiger partial charge is 0.481 e. The van der Waals surface area contributed by atoms with Crippen LogP contribution in [0.2, 0.25) is 0 Å². The minimum atomic E-state index is -2.60. The molecular formula is C13H13F2NO3. The van der Waals surface area contributed by atoms with Gasteiger partial charge in [-0.15, -0.1) is 0 Å². The van der Waals surface area contributed by atoms with Crippen LogP contribution in [0.1, 0.15) is 24.8 Å². The lowest BCUT2D eigenvalue weighted by Crippen LogP contribution is -2.41. The van der Waals surface area contributed by atoms with Crippen molar-refractivity contribution >= 4 is 17.6 Å². The maximum Gasteiger partial charge on any atom is 0.307 e. The number of carbonyl (C=O) groups is 2. The van der Waals surface area contributed by atoms with Gasteiger partial charge >= 0.3 is 5.97 Å². The summed E-state index contributed by atoms with van der Waals surface area (Å²) in [6.07, 6.45) is -1.62. The molecule has 2 atom stereocenters. The number of benzene rings is 1. The average Bonchev–Trinajstić information content (AvgIpc) is 2.26. The van der Waals surface area contributed by atoms with E-state index in [1.165, 1.54) is 24.3 Å². The highest BCUT2D eigenvalue weighted by molar-refractivity contribution is 5.96. The molecule has 2 rings (SSSR count). The summed E-state index contributed by atoms with van der Waals surface area (Å²) in [7, 11) is 0. The van der Waals surface area contributed by atoms with Crippen LogP contribution in [-0.2, 0) is 9.59 Å². The van der Waals surface area contributed by atoms with E-state index in [1.807, 2.05) is 0 Å². The highest BCUT2D eigenvalue weighted by Crippen LogP contribution is 2.35. The van der Waals surface area contributed by atoms with E-state index < -0.39 is 30.1 Å². The molecule has 1 saturated carbocycles. The number of hydrogen-bond acceptors (Lipinski definition) is 2. The molecule has 0 radical (unpaired) electrons. The maximum absolute atomic E-state index is 12.5. The third-order valence-corrected chi connectivity index (χ3v) is 3.33. The molecule has 1 aromatic carbocycles. The first-order chi connectivity index (χ1) is 8.99. The Morgan fingerprint density at radius 1 is 1.26 bits per heavy atom. The smallest absolute Gasteiger partial charge is 0.307 e. The number of carbonyl (C=O) groups excluding carboxylic acids is 1. The maximum atomic E-state index is 12.5. The molecule has 0 aromatic heterocycles. The molecule has 0 bridgehead atoms. The van der Waals surface area contributed by atoms with Crippen LogP contribution in [0.15, 0.2) is 24.3 Å². The van der Waals surface area contributed by atoms with Gasteiger partial charge in [0.2, 0.25) is 5.91 Å². The Bertz CT molecular complexity index is 504. The number of alkyl halides is 2. The van der Waals surface area contributed by atoms with Gasteiger partial charge in [-0.25, -0.2) is 8.78 Å². The second-order valence-electron chi connectivity index (χ2n) is 4.54. The number of carboxylic acid groups (broad SMARTS) is 1. The third-order valence-electron chi connectivity index (χ3n) is 3.33. The van der Waals surface area contributed by atoms with Crippen molar-refractivity contribution < 1.29 is 23.5 Å². The minimum Gasteiger partial charge on any atom is -0.481 e. The molecule has 0 spiro atoms. The quantitative estimate of drug-likeness (QED) is 0.883. The molecule has 2 unspecified atom stereocenters. The van der Waals surface area contributed by atoms with Crippen LogP contribution in [0.3, 0.4) is 0 Å². The van der Waals surface area contributed by atoms with E-state index in [-0.39, 0.29) is 11.3 Å². The van der Waals surface area contributed by atoms with Crippen molar-refractivity contribution in [1.29, 1.82) is 0 Å². The zero-order valence-electron chi connectivity index (χ0n) is 9.98. The van der Waals surface area contributed by atoms with Crippen molar-refractivity contribution in [1.82, 2.24) is 0 Å². The molecule has 4 nitrogen and oxygen atoms in total. The van der Waals surface area contributed by atoms with E-state index in [4.69, 9.17) is 5.11 Å². The van der Waals surface area contributed by atoms with Gasteiger partial charge in [-0.05, 0) is 25.0 Å². The number of halogens is 2. The highest BCUT2D eigenvalue weighted by Gasteiger charge is 2.41. The predicted octanol–water partition coefficient (Wildman–Crippen LogP) is 2.67. The van der Waals surface area contributed by atoms with E-state index in [0.29, 0.717) is 12.8 Å². The summed E-state index contributed by atoms with van der Waals surface area (Å²) in [6.45, 7) is 0. The Morgan fingerprint density at radius 2 is 1.95 bits per heavy atom. The van der Waals surface area contributed by atoms with Gasteiger partial charge in [0.25, 0.3) is 6.43 Å². The van der Waals surface area contributed by atoms with Crippen molar-refractivity contribution in [3.05, 3.63) is 29.8 Å². The van der Waals surface area contributed by atoms with E-state index in [2.05, 4.69) is 5.32 Å². The van der Waals surface area contributed by atoms with Crippen molar-refractivity contribution in [3.63, 3.8) is 0 Å². The summed E-state index contributed by atoms with van der Waals surface area (Å²) in [6, 6.07) is 5.38. The number of carboxylic acids is 1. The van der Waals surface area contributed by atoms with Crippen LogP contribution in [0.25, 0.3) is 0 Å². The summed E-state index contributed by atoms with van der Waals surface area (Å²) in [4.78, 5) is 22.6. The molecule has 0 aliphatic heterocycles. The minimum absolute atomic E-state index is 0.179. The molecular weight excluding hydrogens is 256 g/mol. The Labute approximate surface area is 108 Å². The molecule has 102 valence electrons. The van der Waals surface area contributed by atoms with Crippen LogP contribution in [-0.4, -0.2) is 17.0 Å². The summed E-state index contributed by atoms with van der Waals surface area (Å²) in [5, 5.41) is 11.3. The second kappa shape index (κ2) is 5.34. The lowest BCUT2D eigenvalue weighted by Gasteiger charge is -2.31. The van der Waals surface area contributed by atoms with E-state index in [1.54, 1.807) is 0 Å². The zero-order valence-corrected chi connectivity index (χ0v) is 9.98. The number of anilines is 1. The van der Waals surface area contributed by atoms with E-state index in [0.717, 1.165) is 0 Å². The number of rotatable bonds is 4. The van der Waals surface area contributed by atoms with Crippen molar-refractivity contribution in [2.75, 3.05) is 5.32 Å². The van der Waals surface area contributed by atoms with Crippen molar-refractivity contribution in [2.24, 2.45) is 11.8 Å². The van der Waals surface area contributed by atoms with Gasteiger partial charge in [0.05, 0.1) is 11.8 Å². The standard InChI is InChI=1S/C13H13F2NO3/c14-11(15)7-2-1-3-8(6-7)16-12(17)9-4-5-10(9)13(18)19/h1-3,6,9-11H,4-5H2,(H,16,17)(H,18,19). The zero-order chi connectivity index (χ0) is 14.0. The van der Waals surface area contributed by atoms with Gasteiger partial charge in [0.1, 0.15) is 0 Å². The molecule has 6 heteroatoms. The summed E-state index contributed by atoms with van der Waals surface area (Å²) in [5.41, 5.74) is 0.0834. The molecule has 1 aromatic rings. The summed E-state index contributed by atoms with van der Waals surface area (Å²) >= 11 is 0. The van der Waals surface area contributed by atoms with Gasteiger partial charge in [-0.2, -0.15) is 0 Å². The highest BCUT2D eigenvalue weighted by atomic mass is 19.3. The second-order valence-corrected chi connectivity index (χ2v) is 4.54. The average molecular weight is 269 g/mol. The Kier molecular flexibility index (Phi) is 3.78. The van der Waals surface area contributed by atoms with Gasteiger partial charge in [-0.1, -0.05) is 12.1 Å². The summed E-state index contributed by atoms with van der Waals surface area (Å²) < 4.78 is 25.0. The lowest BCUT2D eigenvalue weighted by atomic mass is 9.73. The van der Waals surface area contributed by atoms with Gasteiger partial charge < -0.3 is 10.4 Å². The molecule has 1 aliphatic rings. The predicted molar refractivity (Wildman–Crippen MR) is 63.9 cm³/mol. The van der Waals surface area contributed by atoms with Crippen molar-refractivity contribution in [2.45, 2.75) is 19.3 Å². The first-order valence-electron chi connectivity index (χ1n) is 5.91. The fourth-order valence-electron chi connectivity index (χ4n) is 2.10. The van der Waals surface area contributed by atoms with E-state index >= 15 is 0 Å². The molecule has 0 saturated heterocycles. The third kappa shape index (κ3) is 2.89. The fourth-order valence-corrected chi connectivity index (χ4v) is 2.10. The number of hydrogen-bond donors (Lipinski definition) is 2. The molecule has 19 heavy (non-hydrogen) atoms. The Balaban J connectivity index is 2.03. The first kappa shape index (κ1) is 13.5. The van der Waals surface area contributed by atoms with E-state index in [9.17, 15) is 18.4 Å². The number of nitrogens with one attached hydrogen (secondary N) is 1. The van der Waals surface area contributed by atoms with Crippen LogP contribution in [0.4, 0.5) is 14.5 Å². The van der Waals surface area contributed by atoms with Crippen LogP contribution in [0.5, 0.6) is 0 Å². The van der Waals surface area contributed by atoms with Crippen LogP contribution < -0.4 is 5.32 Å². The fraction of sp³-hybridized carbons (Fsp3) is 0.385. The van der Waals surface area contributed by atoms with Crippen LogP contribution >= 0.6 is 0 Å². The van der Waals surface area contributed by atoms with Crippen LogP contribution in [0, 0.1) is 11.8 Å². The van der Waals surface area contributed by atoms with Gasteiger partial charge in [0.15, 0.2) is 0 Å². The van der Waals surface area contributed by atoms with Crippen molar-refractivity contribution in [3.8, 4) is 0 Å². The molecule has 1 fully saturated rings. The summed E-state index contributed by atoms with van der Waals surface area (Å²) in [5.74, 6) is -2.66. The first-order valence-corrected chi connectivity index (χ1v) is 5.91. The lowest BCUT2D eigenvalue weighted by molar-refractivity contribution is -0.151. The van der Waals surface area contributed by atoms with Gasteiger partial charge in [-0.3, -0.25) is 9.59 Å². The number of amides is 1. The molecule has 1 amide bonds. The molecule has 2 N–H and O–H groups in total.